The van der Waals surface area contributed by atoms with Gasteiger partial charge in [-0.2, -0.15) is 0 Å². The molecule has 82 valence electrons. The highest BCUT2D eigenvalue weighted by Gasteiger charge is 1.97. The molecule has 4 nitrogen and oxygen atoms in total. The molecule has 0 N–H and O–H groups in total. The zero-order valence-corrected chi connectivity index (χ0v) is 9.26. The highest BCUT2D eigenvalue weighted by atomic mass is 35.5. The van der Waals surface area contributed by atoms with E-state index in [-0.39, 0.29) is 0 Å². The molecule has 5 heteroatoms. The fourth-order valence-corrected chi connectivity index (χ4v) is 1.33. The number of aldehydes is 1. The van der Waals surface area contributed by atoms with Crippen LogP contribution in [0, 0.1) is 0 Å². The Bertz CT molecular complexity index is 451. The molecule has 0 saturated carbocycles. The Hall–Kier alpha value is -1.77. The number of hydrogen-bond acceptors (Lipinski definition) is 2. The normalized spacial score (nSPS) is 10.1. The monoisotopic (exact) mass is 235 g/mol. The van der Waals surface area contributed by atoms with Crippen LogP contribution in [-0.4, -0.2) is 12.8 Å². The molecule has 16 heavy (non-hydrogen) atoms. The van der Waals surface area contributed by atoms with Crippen LogP contribution in [-0.2, 0) is 0 Å². The summed E-state index contributed by atoms with van der Waals surface area (Å²) in [6, 6.07) is 5.05. The van der Waals surface area contributed by atoms with Crippen LogP contribution in [0.1, 0.15) is 22.3 Å². The summed E-state index contributed by atoms with van der Waals surface area (Å²) >= 11 is 5.94. The molecule has 0 saturated heterocycles. The average molecular weight is 236 g/mol. The van der Waals surface area contributed by atoms with E-state index in [2.05, 4.69) is 10.0 Å². The molecule has 1 rings (SSSR count). The van der Waals surface area contributed by atoms with Crippen molar-refractivity contribution < 1.29 is 4.79 Å². The van der Waals surface area contributed by atoms with Crippen LogP contribution < -0.4 is 0 Å². The number of carbonyl (C=O) groups is 1. The van der Waals surface area contributed by atoms with Crippen LogP contribution in [0.3, 0.4) is 0 Å². The van der Waals surface area contributed by atoms with E-state index in [0.29, 0.717) is 23.6 Å². The lowest BCUT2D eigenvalue weighted by molar-refractivity contribution is 0.112. The topological polar surface area (TPSA) is 65.8 Å². The zero-order chi connectivity index (χ0) is 11.8. The van der Waals surface area contributed by atoms with Crippen molar-refractivity contribution >= 4 is 24.0 Å². The number of benzene rings is 1. The summed E-state index contributed by atoms with van der Waals surface area (Å²) in [7, 11) is 0. The van der Waals surface area contributed by atoms with Gasteiger partial charge >= 0.3 is 0 Å². The molecule has 0 aliphatic heterocycles. The van der Waals surface area contributed by atoms with Gasteiger partial charge in [0, 0.05) is 22.0 Å². The van der Waals surface area contributed by atoms with Crippen molar-refractivity contribution in [3.63, 3.8) is 0 Å². The Morgan fingerprint density at radius 3 is 3.00 bits per heavy atom. The molecule has 0 aliphatic rings. The molecule has 0 atom stereocenters. The molecular formula is C11H10ClN3O. The minimum Gasteiger partial charge on any atom is -0.298 e. The Morgan fingerprint density at radius 2 is 2.31 bits per heavy atom. The van der Waals surface area contributed by atoms with E-state index < -0.39 is 0 Å². The molecule has 0 heterocycles. The summed E-state index contributed by atoms with van der Waals surface area (Å²) in [5.74, 6) is 0. The maximum atomic E-state index is 10.6. The number of hydrogen-bond donors (Lipinski definition) is 0. The first-order valence-electron chi connectivity index (χ1n) is 4.70. The minimum atomic E-state index is 0.415. The van der Waals surface area contributed by atoms with E-state index in [9.17, 15) is 4.79 Å². The van der Waals surface area contributed by atoms with Crippen LogP contribution in [0.5, 0.6) is 0 Å². The van der Waals surface area contributed by atoms with E-state index in [1.54, 1.807) is 18.2 Å². The second-order valence-electron chi connectivity index (χ2n) is 3.04. The van der Waals surface area contributed by atoms with Crippen LogP contribution in [0.2, 0.25) is 5.02 Å². The minimum absolute atomic E-state index is 0.415. The lowest BCUT2D eigenvalue weighted by Crippen LogP contribution is -1.82. The first-order valence-corrected chi connectivity index (χ1v) is 5.08. The van der Waals surface area contributed by atoms with Gasteiger partial charge in [-0.15, -0.1) is 0 Å². The van der Waals surface area contributed by atoms with Crippen molar-refractivity contribution in [1.29, 1.82) is 0 Å². The fraction of sp³-hybridized carbons (Fsp3) is 0.182. The number of nitrogens with zero attached hydrogens (tertiary/aromatic N) is 3. The maximum Gasteiger partial charge on any atom is 0.150 e. The summed E-state index contributed by atoms with van der Waals surface area (Å²) in [4.78, 5) is 13.2. The quantitative estimate of drug-likeness (QED) is 0.251. The molecule has 1 aromatic carbocycles. The highest BCUT2D eigenvalue weighted by molar-refractivity contribution is 6.32. The standard InChI is InChI=1S/C11H10ClN3O/c12-11-5-4-9(8-16)7-10(11)3-1-2-6-14-15-13/h1,3-5,7-8H,2,6H2. The van der Waals surface area contributed by atoms with Gasteiger partial charge in [0.15, 0.2) is 0 Å². The summed E-state index contributed by atoms with van der Waals surface area (Å²) in [6.07, 6.45) is 5.08. The predicted molar refractivity (Wildman–Crippen MR) is 64.5 cm³/mol. The predicted octanol–water partition coefficient (Wildman–Crippen LogP) is 3.87. The van der Waals surface area contributed by atoms with Crippen molar-refractivity contribution in [2.24, 2.45) is 5.11 Å². The molecule has 0 aromatic heterocycles. The average Bonchev–Trinajstić information content (AvgIpc) is 2.31. The smallest absolute Gasteiger partial charge is 0.150 e. The van der Waals surface area contributed by atoms with Gasteiger partial charge in [-0.1, -0.05) is 34.9 Å². The second kappa shape index (κ2) is 6.67. The van der Waals surface area contributed by atoms with E-state index in [0.717, 1.165) is 11.8 Å². The van der Waals surface area contributed by atoms with Crippen LogP contribution >= 0.6 is 11.6 Å². The Labute approximate surface area is 98.2 Å². The first kappa shape index (κ1) is 12.3. The molecule has 0 spiro atoms. The molecule has 0 aliphatic carbocycles. The second-order valence-corrected chi connectivity index (χ2v) is 3.45. The molecular weight excluding hydrogens is 226 g/mol. The molecule has 0 radical (unpaired) electrons. The third-order valence-corrected chi connectivity index (χ3v) is 2.26. The third-order valence-electron chi connectivity index (χ3n) is 1.91. The van der Waals surface area contributed by atoms with Crippen molar-refractivity contribution in [3.8, 4) is 0 Å². The number of rotatable bonds is 5. The van der Waals surface area contributed by atoms with Gasteiger partial charge in [-0.25, -0.2) is 0 Å². The van der Waals surface area contributed by atoms with Gasteiger partial charge in [-0.05, 0) is 29.6 Å². The van der Waals surface area contributed by atoms with Crippen molar-refractivity contribution in [2.45, 2.75) is 6.42 Å². The molecule has 0 fully saturated rings. The van der Waals surface area contributed by atoms with Gasteiger partial charge in [0.25, 0.3) is 0 Å². The zero-order valence-electron chi connectivity index (χ0n) is 8.51. The lowest BCUT2D eigenvalue weighted by atomic mass is 10.1. The molecule has 0 amide bonds. The maximum absolute atomic E-state index is 10.6. The van der Waals surface area contributed by atoms with Crippen molar-refractivity contribution in [3.05, 3.63) is 50.9 Å². The van der Waals surface area contributed by atoms with E-state index in [1.165, 1.54) is 0 Å². The Balaban J connectivity index is 2.71. The molecule has 1 aromatic rings. The molecule has 0 bridgehead atoms. The van der Waals surface area contributed by atoms with Crippen LogP contribution in [0.25, 0.3) is 16.5 Å². The van der Waals surface area contributed by atoms with E-state index >= 15 is 0 Å². The van der Waals surface area contributed by atoms with Gasteiger partial charge in [0.1, 0.15) is 6.29 Å². The first-order chi connectivity index (χ1) is 7.77. The van der Waals surface area contributed by atoms with Gasteiger partial charge in [0.05, 0.1) is 0 Å². The summed E-state index contributed by atoms with van der Waals surface area (Å²) in [5, 5.41) is 3.99. The van der Waals surface area contributed by atoms with Gasteiger partial charge < -0.3 is 0 Å². The lowest BCUT2D eigenvalue weighted by Gasteiger charge is -1.98. The van der Waals surface area contributed by atoms with Gasteiger partial charge in [0.2, 0.25) is 0 Å². The summed E-state index contributed by atoms with van der Waals surface area (Å²) in [5.41, 5.74) is 9.44. The summed E-state index contributed by atoms with van der Waals surface area (Å²) < 4.78 is 0. The number of carbonyl (C=O) groups excluding carboxylic acids is 1. The number of halogens is 1. The number of azide groups is 1. The largest absolute Gasteiger partial charge is 0.298 e. The van der Waals surface area contributed by atoms with E-state index in [4.69, 9.17) is 17.1 Å². The van der Waals surface area contributed by atoms with Crippen LogP contribution in [0.15, 0.2) is 29.4 Å². The highest BCUT2D eigenvalue weighted by Crippen LogP contribution is 2.18. The Morgan fingerprint density at radius 1 is 1.50 bits per heavy atom. The van der Waals surface area contributed by atoms with E-state index in [1.807, 2.05) is 12.2 Å². The Kier molecular flexibility index (Phi) is 5.12. The SMILES string of the molecule is [N-]=[N+]=NCCC=Cc1cc(C=O)ccc1Cl. The third kappa shape index (κ3) is 3.77. The van der Waals surface area contributed by atoms with Crippen molar-refractivity contribution in [1.82, 2.24) is 0 Å². The fourth-order valence-electron chi connectivity index (χ4n) is 1.15. The molecule has 0 unspecified atom stereocenters. The summed E-state index contributed by atoms with van der Waals surface area (Å²) in [6.45, 7) is 0.415. The van der Waals surface area contributed by atoms with Crippen LogP contribution in [0.4, 0.5) is 0 Å². The van der Waals surface area contributed by atoms with Gasteiger partial charge in [-0.3, -0.25) is 4.79 Å². The van der Waals surface area contributed by atoms with Crippen molar-refractivity contribution in [2.75, 3.05) is 6.54 Å².